The van der Waals surface area contributed by atoms with E-state index < -0.39 is 23.6 Å². The second-order valence-corrected chi connectivity index (χ2v) is 7.04. The summed E-state index contributed by atoms with van der Waals surface area (Å²) in [6.07, 6.45) is 1.21. The van der Waals surface area contributed by atoms with Gasteiger partial charge in [0, 0.05) is 27.6 Å². The molecule has 0 spiro atoms. The average molecular weight is 449 g/mol. The lowest BCUT2D eigenvalue weighted by molar-refractivity contribution is -0.141. The summed E-state index contributed by atoms with van der Waals surface area (Å²) in [4.78, 5) is 39.6. The second-order valence-electron chi connectivity index (χ2n) is 6.19. The number of nitrogens with zero attached hydrogens (tertiary/aromatic N) is 1. The summed E-state index contributed by atoms with van der Waals surface area (Å²) in [5.41, 5.74) is -1.55. The number of rotatable bonds is 5. The minimum absolute atomic E-state index is 0.0456. The Kier molecular flexibility index (Phi) is 5.82. The van der Waals surface area contributed by atoms with Crippen LogP contribution in [0.3, 0.4) is 0 Å². The first-order chi connectivity index (χ1) is 14.2. The van der Waals surface area contributed by atoms with Crippen LogP contribution in [0.4, 0.5) is 10.5 Å². The molecule has 0 bridgehead atoms. The molecule has 1 aliphatic heterocycles. The maximum absolute atomic E-state index is 12.5. The summed E-state index contributed by atoms with van der Waals surface area (Å²) in [6, 6.07) is 8.82. The van der Waals surface area contributed by atoms with Crippen molar-refractivity contribution >= 4 is 52.5 Å². The molecule has 30 heavy (non-hydrogen) atoms. The molecule has 3 N–H and O–H groups in total. The molecule has 8 nitrogen and oxygen atoms in total. The average Bonchev–Trinajstić information content (AvgIpc) is 3.02. The smallest absolute Gasteiger partial charge is 0.411 e. The number of anilines is 1. The van der Waals surface area contributed by atoms with Gasteiger partial charge >= 0.3 is 18.0 Å². The van der Waals surface area contributed by atoms with E-state index in [0.29, 0.717) is 0 Å². The van der Waals surface area contributed by atoms with Gasteiger partial charge in [0.15, 0.2) is 0 Å². The topological polar surface area (TPSA) is 125 Å². The number of carboxylic acids is 2. The number of carbonyl (C=O) groups excluding carboxylic acids is 1. The summed E-state index contributed by atoms with van der Waals surface area (Å²) in [5.74, 6) is -2.65. The van der Waals surface area contributed by atoms with Gasteiger partial charge in [-0.25, -0.2) is 14.4 Å². The predicted molar refractivity (Wildman–Crippen MR) is 109 cm³/mol. The van der Waals surface area contributed by atoms with Gasteiger partial charge in [-0.3, -0.25) is 10.3 Å². The molecule has 0 saturated heterocycles. The lowest BCUT2D eigenvalue weighted by Gasteiger charge is -2.25. The minimum Gasteiger partial charge on any atom is -0.479 e. The van der Waals surface area contributed by atoms with Crippen molar-refractivity contribution in [2.24, 2.45) is 4.99 Å². The third-order valence-electron chi connectivity index (χ3n) is 4.40. The zero-order valence-corrected chi connectivity index (χ0v) is 16.9. The molecule has 1 amide bonds. The number of hydrogen-bond donors (Lipinski definition) is 3. The van der Waals surface area contributed by atoms with E-state index in [4.69, 9.17) is 28.3 Å². The van der Waals surface area contributed by atoms with E-state index in [-0.39, 0.29) is 37.4 Å². The van der Waals surface area contributed by atoms with E-state index in [1.807, 2.05) is 0 Å². The Balaban J connectivity index is 2.35. The van der Waals surface area contributed by atoms with Crippen molar-refractivity contribution in [3.05, 3.63) is 74.7 Å². The highest BCUT2D eigenvalue weighted by atomic mass is 35.5. The molecular weight excluding hydrogens is 435 g/mol. The maximum Gasteiger partial charge on any atom is 0.411 e. The summed E-state index contributed by atoms with van der Waals surface area (Å²) < 4.78 is 4.55. The van der Waals surface area contributed by atoms with Gasteiger partial charge in [-0.15, -0.1) is 0 Å². The van der Waals surface area contributed by atoms with Crippen molar-refractivity contribution in [2.45, 2.75) is 5.54 Å². The summed E-state index contributed by atoms with van der Waals surface area (Å²) >= 11 is 12.4. The van der Waals surface area contributed by atoms with E-state index in [1.165, 1.54) is 43.5 Å². The van der Waals surface area contributed by atoms with Crippen LogP contribution in [-0.2, 0) is 19.9 Å². The summed E-state index contributed by atoms with van der Waals surface area (Å²) in [7, 11) is 1.19. The Labute approximate surface area is 179 Å². The number of fused-ring (bicyclic) bond motifs is 1. The van der Waals surface area contributed by atoms with E-state index in [2.05, 4.69) is 15.0 Å². The van der Waals surface area contributed by atoms with Crippen LogP contribution in [0.25, 0.3) is 5.57 Å². The number of carboxylic acid groups (broad SMARTS) is 2. The van der Waals surface area contributed by atoms with E-state index in [1.54, 1.807) is 0 Å². The van der Waals surface area contributed by atoms with Crippen LogP contribution in [0, 0.1) is 0 Å². The van der Waals surface area contributed by atoms with Gasteiger partial charge < -0.3 is 14.9 Å². The number of nitrogens with one attached hydrogen (secondary N) is 1. The van der Waals surface area contributed by atoms with E-state index in [0.717, 1.165) is 12.2 Å². The number of ether oxygens (including phenoxy) is 1. The van der Waals surface area contributed by atoms with E-state index >= 15 is 0 Å². The normalized spacial score (nSPS) is 17.4. The predicted octanol–water partition coefficient (Wildman–Crippen LogP) is 2.58. The molecule has 154 valence electrons. The third-order valence-corrected chi connectivity index (χ3v) is 4.91. The standard InChI is InChI=1S/C20H14Cl2N2O6/c1-30-19(29)23-12-4-2-3-10(7-12)20(18(27)28)13(5-6-16(25)26)17-14(22)8-11(21)9-15(17)24-20/h2-9H,1H3,(H,23,29)(H,25,26)(H,27,28)/b6-5+. The first kappa shape index (κ1) is 21.4. The molecule has 1 atom stereocenters. The monoisotopic (exact) mass is 448 g/mol. The van der Waals surface area contributed by atoms with E-state index in [9.17, 15) is 19.5 Å². The third kappa shape index (κ3) is 3.74. The number of aliphatic carboxylic acids is 2. The Morgan fingerprint density at radius 3 is 2.53 bits per heavy atom. The maximum atomic E-state index is 12.5. The molecule has 0 aromatic heterocycles. The molecule has 0 radical (unpaired) electrons. The fourth-order valence-corrected chi connectivity index (χ4v) is 3.78. The van der Waals surface area contributed by atoms with Crippen molar-refractivity contribution in [3.8, 4) is 0 Å². The van der Waals surface area contributed by atoms with Gasteiger partial charge in [-0.2, -0.15) is 0 Å². The highest BCUT2D eigenvalue weighted by Gasteiger charge is 2.46. The van der Waals surface area contributed by atoms with Crippen LogP contribution in [0.2, 0.25) is 10.0 Å². The Hall–Kier alpha value is -3.36. The van der Waals surface area contributed by atoms with Crippen LogP contribution in [-0.4, -0.2) is 35.4 Å². The first-order valence-electron chi connectivity index (χ1n) is 8.38. The number of hydrogen-bond acceptors (Lipinski definition) is 5. The van der Waals surface area contributed by atoms with Gasteiger partial charge in [-0.1, -0.05) is 35.3 Å². The van der Waals surface area contributed by atoms with Crippen LogP contribution in [0.5, 0.6) is 0 Å². The Morgan fingerprint density at radius 1 is 1.17 bits per heavy atom. The first-order valence-corrected chi connectivity index (χ1v) is 9.14. The van der Waals surface area contributed by atoms with Gasteiger partial charge in [0.25, 0.3) is 0 Å². The Morgan fingerprint density at radius 2 is 1.90 bits per heavy atom. The fourth-order valence-electron chi connectivity index (χ4n) is 3.19. The molecule has 2 aromatic rings. The van der Waals surface area contributed by atoms with Gasteiger partial charge in [0.1, 0.15) is 0 Å². The molecule has 0 aliphatic carbocycles. The number of methoxy groups -OCH3 is 1. The van der Waals surface area contributed by atoms with Crippen molar-refractivity contribution in [1.29, 1.82) is 0 Å². The van der Waals surface area contributed by atoms with Gasteiger partial charge in [0.2, 0.25) is 5.54 Å². The van der Waals surface area contributed by atoms with Crippen molar-refractivity contribution in [1.82, 2.24) is 0 Å². The molecule has 10 heteroatoms. The zero-order valence-electron chi connectivity index (χ0n) is 15.3. The zero-order chi connectivity index (χ0) is 22.1. The van der Waals surface area contributed by atoms with Crippen molar-refractivity contribution in [3.63, 3.8) is 0 Å². The molecule has 2 aromatic carbocycles. The number of carbonyl (C=O) groups is 3. The number of amides is 1. The van der Waals surface area contributed by atoms with Crippen LogP contribution >= 0.6 is 23.2 Å². The molecular formula is C20H14Cl2N2O6. The SMILES string of the molecule is COC(=O)Nc1cccc(C2(C(=O)O)N=c3cc(Cl)cc(Cl)c3=C2/C=C/C(=O)O)c1. The van der Waals surface area contributed by atoms with Crippen LogP contribution in [0.1, 0.15) is 5.56 Å². The van der Waals surface area contributed by atoms with Crippen LogP contribution < -0.4 is 15.9 Å². The van der Waals surface area contributed by atoms with Crippen molar-refractivity contribution < 1.29 is 29.3 Å². The molecule has 0 fully saturated rings. The van der Waals surface area contributed by atoms with Gasteiger partial charge in [0.05, 0.1) is 17.5 Å². The summed E-state index contributed by atoms with van der Waals surface area (Å²) in [5, 5.41) is 22.6. The molecule has 3 rings (SSSR count). The molecule has 1 unspecified atom stereocenters. The highest BCUT2D eigenvalue weighted by Crippen LogP contribution is 2.38. The van der Waals surface area contributed by atoms with Crippen molar-refractivity contribution in [2.75, 3.05) is 12.4 Å². The van der Waals surface area contributed by atoms with Crippen LogP contribution in [0.15, 0.2) is 53.5 Å². The fraction of sp³-hybridized carbons (Fsp3) is 0.100. The number of halogens is 2. The van der Waals surface area contributed by atoms with Gasteiger partial charge in [-0.05, 0) is 35.9 Å². The molecule has 1 heterocycles. The largest absolute Gasteiger partial charge is 0.479 e. The molecule has 1 aliphatic rings. The lowest BCUT2D eigenvalue weighted by atomic mass is 9.82. The summed E-state index contributed by atoms with van der Waals surface area (Å²) in [6.45, 7) is 0. The quantitative estimate of drug-likeness (QED) is 0.603. The Bertz CT molecular complexity index is 1220. The number of benzene rings is 2. The molecule has 0 saturated carbocycles. The highest BCUT2D eigenvalue weighted by molar-refractivity contribution is 6.34. The lowest BCUT2D eigenvalue weighted by Crippen LogP contribution is -2.35. The minimum atomic E-state index is -2.02. The second kappa shape index (κ2) is 8.17.